The van der Waals surface area contributed by atoms with E-state index in [4.69, 9.17) is 10.2 Å². The number of aromatic hydroxyl groups is 1. The van der Waals surface area contributed by atoms with Gasteiger partial charge in [-0.2, -0.15) is 0 Å². The van der Waals surface area contributed by atoms with Crippen LogP contribution in [0.1, 0.15) is 0 Å². The van der Waals surface area contributed by atoms with Gasteiger partial charge in [0.15, 0.2) is 0 Å². The van der Waals surface area contributed by atoms with Crippen LogP contribution in [0.25, 0.3) is 11.5 Å². The maximum atomic E-state index is 9.42. The Bertz CT molecular complexity index is 411. The lowest BCUT2D eigenvalue weighted by Gasteiger charge is -1.99. The molecule has 2 rings (SSSR count). The molecule has 0 aliphatic heterocycles. The Hall–Kier alpha value is -2.04. The van der Waals surface area contributed by atoms with Crippen LogP contribution < -0.4 is 5.73 Å². The van der Waals surface area contributed by atoms with Crippen LogP contribution in [-0.2, 0) is 0 Å². The molecule has 5 nitrogen and oxygen atoms in total. The van der Waals surface area contributed by atoms with Crippen LogP contribution in [0, 0.1) is 0 Å². The van der Waals surface area contributed by atoms with Crippen molar-refractivity contribution >= 4 is 5.69 Å². The second kappa shape index (κ2) is 2.78. The summed E-state index contributed by atoms with van der Waals surface area (Å²) >= 11 is 0. The Morgan fingerprint density at radius 3 is 2.92 bits per heavy atom. The first kappa shape index (κ1) is 7.60. The van der Waals surface area contributed by atoms with E-state index in [-0.39, 0.29) is 11.6 Å². The molecule has 0 radical (unpaired) electrons. The number of nitrogens with two attached hydrogens (primary N) is 1. The van der Waals surface area contributed by atoms with E-state index in [1.165, 1.54) is 12.5 Å². The zero-order chi connectivity index (χ0) is 9.26. The van der Waals surface area contributed by atoms with Crippen molar-refractivity contribution in [1.29, 1.82) is 0 Å². The molecule has 0 saturated heterocycles. The molecule has 3 N–H and O–H groups in total. The van der Waals surface area contributed by atoms with Crippen molar-refractivity contribution in [3.05, 3.63) is 24.6 Å². The Kier molecular flexibility index (Phi) is 1.63. The number of benzene rings is 1. The highest BCUT2D eigenvalue weighted by atomic mass is 16.4. The summed E-state index contributed by atoms with van der Waals surface area (Å²) < 4.78 is 4.92. The highest BCUT2D eigenvalue weighted by Crippen LogP contribution is 2.28. The molecule has 0 aliphatic carbocycles. The first-order valence-electron chi connectivity index (χ1n) is 3.62. The lowest BCUT2D eigenvalue weighted by Crippen LogP contribution is -1.86. The molecule has 1 aromatic heterocycles. The van der Waals surface area contributed by atoms with Gasteiger partial charge in [-0.15, -0.1) is 10.2 Å². The summed E-state index contributed by atoms with van der Waals surface area (Å²) in [7, 11) is 0. The van der Waals surface area contributed by atoms with Gasteiger partial charge in [0.05, 0.1) is 5.56 Å². The molecular formula is C8H7N3O2. The molecule has 66 valence electrons. The third kappa shape index (κ3) is 1.31. The molecule has 0 unspecified atom stereocenters. The van der Waals surface area contributed by atoms with Gasteiger partial charge in [-0.3, -0.25) is 0 Å². The van der Waals surface area contributed by atoms with E-state index in [9.17, 15) is 5.11 Å². The lowest BCUT2D eigenvalue weighted by molar-refractivity contribution is 0.473. The number of rotatable bonds is 1. The second-order valence-corrected chi connectivity index (χ2v) is 2.52. The van der Waals surface area contributed by atoms with E-state index >= 15 is 0 Å². The van der Waals surface area contributed by atoms with Crippen LogP contribution in [0.3, 0.4) is 0 Å². The van der Waals surface area contributed by atoms with Crippen LogP contribution in [0.15, 0.2) is 29.0 Å². The fourth-order valence-electron chi connectivity index (χ4n) is 1.02. The predicted octanol–water partition coefficient (Wildman–Crippen LogP) is 1.02. The highest BCUT2D eigenvalue weighted by molar-refractivity contribution is 5.66. The van der Waals surface area contributed by atoms with Crippen molar-refractivity contribution in [2.24, 2.45) is 0 Å². The van der Waals surface area contributed by atoms with Gasteiger partial charge in [0, 0.05) is 5.69 Å². The molecule has 0 aliphatic rings. The molecule has 2 aromatic rings. The van der Waals surface area contributed by atoms with Gasteiger partial charge in [0.25, 0.3) is 5.89 Å². The predicted molar refractivity (Wildman–Crippen MR) is 45.8 cm³/mol. The van der Waals surface area contributed by atoms with Crippen LogP contribution >= 0.6 is 0 Å². The maximum absolute atomic E-state index is 9.42. The van der Waals surface area contributed by atoms with Crippen molar-refractivity contribution in [2.75, 3.05) is 5.73 Å². The Morgan fingerprint density at radius 2 is 2.23 bits per heavy atom. The molecule has 1 heterocycles. The van der Waals surface area contributed by atoms with E-state index in [1.54, 1.807) is 12.1 Å². The normalized spacial score (nSPS) is 10.2. The molecule has 0 saturated carbocycles. The average molecular weight is 177 g/mol. The van der Waals surface area contributed by atoms with E-state index in [0.29, 0.717) is 11.3 Å². The van der Waals surface area contributed by atoms with Gasteiger partial charge in [0.1, 0.15) is 5.75 Å². The molecule has 0 amide bonds. The monoisotopic (exact) mass is 177 g/mol. The number of aromatic nitrogens is 2. The van der Waals surface area contributed by atoms with Crippen molar-refractivity contribution in [3.8, 4) is 17.2 Å². The summed E-state index contributed by atoms with van der Waals surface area (Å²) in [6.45, 7) is 0. The highest BCUT2D eigenvalue weighted by Gasteiger charge is 2.08. The summed E-state index contributed by atoms with van der Waals surface area (Å²) in [5.74, 6) is 0.322. The van der Waals surface area contributed by atoms with E-state index in [0.717, 1.165) is 0 Å². The Morgan fingerprint density at radius 1 is 1.38 bits per heavy atom. The quantitative estimate of drug-likeness (QED) is 0.501. The van der Waals surface area contributed by atoms with Gasteiger partial charge in [-0.25, -0.2) is 0 Å². The summed E-state index contributed by atoms with van der Waals surface area (Å²) in [4.78, 5) is 0. The molecule has 0 atom stereocenters. The number of phenolic OH excluding ortho intramolecular Hbond substituents is 1. The van der Waals surface area contributed by atoms with Crippen LogP contribution in [0.4, 0.5) is 5.69 Å². The zero-order valence-electron chi connectivity index (χ0n) is 6.64. The minimum atomic E-state index is 0.0680. The van der Waals surface area contributed by atoms with Crippen LogP contribution in [-0.4, -0.2) is 15.3 Å². The van der Waals surface area contributed by atoms with Gasteiger partial charge >= 0.3 is 0 Å². The number of nitrogens with zero attached hydrogens (tertiary/aromatic N) is 2. The first-order valence-corrected chi connectivity index (χ1v) is 3.62. The van der Waals surface area contributed by atoms with Gasteiger partial charge in [0.2, 0.25) is 6.39 Å². The maximum Gasteiger partial charge on any atom is 0.251 e. The molecule has 0 spiro atoms. The number of hydrogen-bond donors (Lipinski definition) is 2. The molecular weight excluding hydrogens is 170 g/mol. The summed E-state index contributed by atoms with van der Waals surface area (Å²) in [5, 5.41) is 16.6. The van der Waals surface area contributed by atoms with E-state index < -0.39 is 0 Å². The standard InChI is InChI=1S/C8H7N3O2/c9-5-1-2-7(12)6(3-5)8-11-10-4-13-8/h1-4,12H,9H2. The lowest BCUT2D eigenvalue weighted by atomic mass is 10.2. The molecule has 0 bridgehead atoms. The van der Waals surface area contributed by atoms with Crippen molar-refractivity contribution < 1.29 is 9.52 Å². The third-order valence-electron chi connectivity index (χ3n) is 1.61. The summed E-state index contributed by atoms with van der Waals surface area (Å²) in [6, 6.07) is 4.65. The second-order valence-electron chi connectivity index (χ2n) is 2.52. The number of hydrogen-bond acceptors (Lipinski definition) is 5. The third-order valence-corrected chi connectivity index (χ3v) is 1.61. The average Bonchev–Trinajstić information content (AvgIpc) is 2.61. The fourth-order valence-corrected chi connectivity index (χ4v) is 1.02. The molecule has 13 heavy (non-hydrogen) atoms. The van der Waals surface area contributed by atoms with Crippen molar-refractivity contribution in [2.45, 2.75) is 0 Å². The molecule has 5 heteroatoms. The number of phenols is 1. The van der Waals surface area contributed by atoms with Crippen LogP contribution in [0.2, 0.25) is 0 Å². The van der Waals surface area contributed by atoms with Crippen molar-refractivity contribution in [1.82, 2.24) is 10.2 Å². The van der Waals surface area contributed by atoms with Gasteiger partial charge in [-0.1, -0.05) is 0 Å². The van der Waals surface area contributed by atoms with Gasteiger partial charge in [-0.05, 0) is 18.2 Å². The zero-order valence-corrected chi connectivity index (χ0v) is 6.64. The fraction of sp³-hybridized carbons (Fsp3) is 0. The van der Waals surface area contributed by atoms with Gasteiger partial charge < -0.3 is 15.3 Å². The largest absolute Gasteiger partial charge is 0.507 e. The minimum Gasteiger partial charge on any atom is -0.507 e. The SMILES string of the molecule is Nc1ccc(O)c(-c2nnco2)c1. The number of anilines is 1. The van der Waals surface area contributed by atoms with E-state index in [1.807, 2.05) is 0 Å². The molecule has 1 aromatic carbocycles. The molecule has 0 fully saturated rings. The van der Waals surface area contributed by atoms with E-state index in [2.05, 4.69) is 10.2 Å². The van der Waals surface area contributed by atoms with Crippen LogP contribution in [0.5, 0.6) is 5.75 Å². The smallest absolute Gasteiger partial charge is 0.251 e. The minimum absolute atomic E-state index is 0.0680. The Labute approximate surface area is 73.8 Å². The summed E-state index contributed by atoms with van der Waals surface area (Å²) in [5.41, 5.74) is 6.51. The topological polar surface area (TPSA) is 85.2 Å². The first-order chi connectivity index (χ1) is 6.27. The number of nitrogen functional groups attached to an aromatic ring is 1. The Balaban J connectivity index is 2.57. The van der Waals surface area contributed by atoms with Crippen molar-refractivity contribution in [3.63, 3.8) is 0 Å². The summed E-state index contributed by atoms with van der Waals surface area (Å²) in [6.07, 6.45) is 1.19.